The number of thiophene rings is 1. The van der Waals surface area contributed by atoms with Crippen LogP contribution < -0.4 is 16.0 Å². The number of nitrogens with one attached hydrogen (secondary N) is 3. The van der Waals surface area contributed by atoms with Crippen LogP contribution in [0.2, 0.25) is 0 Å². The molecule has 0 bridgehead atoms. The fraction of sp³-hybridized carbons (Fsp3) is 0.400. The minimum absolute atomic E-state index is 0. The Kier molecular flexibility index (Phi) is 11.0. The standard InChI is InChI=1S/C20H28N4OS.HI/c1-4-21-19(25)17-9-6-8-16(12-17)14-24-20(22-5-2)23-13-15(3)18-10-7-11-26-18;/h6-12,15H,4-5,13-14H2,1-3H3,(H,21,25)(H2,22,23,24);1H. The summed E-state index contributed by atoms with van der Waals surface area (Å²) in [6, 6.07) is 11.8. The van der Waals surface area contributed by atoms with E-state index in [-0.39, 0.29) is 29.9 Å². The molecule has 1 aromatic carbocycles. The Bertz CT molecular complexity index is 719. The van der Waals surface area contributed by atoms with Gasteiger partial charge in [0.25, 0.3) is 5.91 Å². The molecular weight excluding hydrogens is 471 g/mol. The number of aliphatic imine (C=N–C) groups is 1. The molecule has 7 heteroatoms. The molecule has 0 fully saturated rings. The van der Waals surface area contributed by atoms with Crippen LogP contribution in [0.4, 0.5) is 0 Å². The van der Waals surface area contributed by atoms with Crippen LogP contribution >= 0.6 is 35.3 Å². The second kappa shape index (κ2) is 12.7. The van der Waals surface area contributed by atoms with Gasteiger partial charge in [-0.05, 0) is 43.0 Å². The highest BCUT2D eigenvalue weighted by Crippen LogP contribution is 2.19. The van der Waals surface area contributed by atoms with Crippen molar-refractivity contribution in [2.24, 2.45) is 4.99 Å². The van der Waals surface area contributed by atoms with Crippen LogP contribution in [0, 0.1) is 0 Å². The summed E-state index contributed by atoms with van der Waals surface area (Å²) in [6.07, 6.45) is 0. The van der Waals surface area contributed by atoms with E-state index in [1.165, 1.54) is 4.88 Å². The molecule has 0 aliphatic heterocycles. The topological polar surface area (TPSA) is 65.5 Å². The lowest BCUT2D eigenvalue weighted by Gasteiger charge is -2.15. The molecule has 2 aromatic rings. The largest absolute Gasteiger partial charge is 0.357 e. The molecule has 1 aromatic heterocycles. The number of halogens is 1. The van der Waals surface area contributed by atoms with E-state index in [4.69, 9.17) is 0 Å². The summed E-state index contributed by atoms with van der Waals surface area (Å²) in [7, 11) is 0. The van der Waals surface area contributed by atoms with Crippen molar-refractivity contribution in [1.82, 2.24) is 16.0 Å². The Hall–Kier alpha value is -1.61. The van der Waals surface area contributed by atoms with Crippen molar-refractivity contribution in [2.45, 2.75) is 33.2 Å². The van der Waals surface area contributed by atoms with E-state index >= 15 is 0 Å². The molecule has 1 amide bonds. The quantitative estimate of drug-likeness (QED) is 0.292. The second-order valence-electron chi connectivity index (χ2n) is 6.05. The van der Waals surface area contributed by atoms with Crippen molar-refractivity contribution in [3.05, 3.63) is 57.8 Å². The maximum atomic E-state index is 12.0. The van der Waals surface area contributed by atoms with Crippen molar-refractivity contribution in [3.63, 3.8) is 0 Å². The molecule has 2 rings (SSSR count). The van der Waals surface area contributed by atoms with Crippen molar-refractivity contribution in [3.8, 4) is 0 Å². The van der Waals surface area contributed by atoms with Gasteiger partial charge in [-0.3, -0.25) is 4.79 Å². The third-order valence-corrected chi connectivity index (χ3v) is 5.00. The average molecular weight is 500 g/mol. The zero-order chi connectivity index (χ0) is 18.8. The first-order valence-corrected chi connectivity index (χ1v) is 9.94. The van der Waals surface area contributed by atoms with Crippen molar-refractivity contribution in [1.29, 1.82) is 0 Å². The molecule has 1 unspecified atom stereocenters. The van der Waals surface area contributed by atoms with Crippen LogP contribution in [-0.2, 0) is 6.54 Å². The van der Waals surface area contributed by atoms with Gasteiger partial charge >= 0.3 is 0 Å². The smallest absolute Gasteiger partial charge is 0.251 e. The minimum atomic E-state index is -0.0480. The predicted molar refractivity (Wildman–Crippen MR) is 125 cm³/mol. The van der Waals surface area contributed by atoms with E-state index in [0.717, 1.165) is 24.6 Å². The van der Waals surface area contributed by atoms with Gasteiger partial charge in [0.1, 0.15) is 0 Å². The first kappa shape index (κ1) is 23.4. The van der Waals surface area contributed by atoms with Crippen LogP contribution in [0.15, 0.2) is 46.8 Å². The van der Waals surface area contributed by atoms with Gasteiger partial charge in [-0.1, -0.05) is 25.1 Å². The molecule has 0 radical (unpaired) electrons. The van der Waals surface area contributed by atoms with E-state index in [1.54, 1.807) is 11.3 Å². The van der Waals surface area contributed by atoms with Gasteiger partial charge in [0.05, 0.1) is 6.54 Å². The number of carbonyl (C=O) groups is 1. The number of nitrogens with zero attached hydrogens (tertiary/aromatic N) is 1. The Morgan fingerprint density at radius 3 is 2.56 bits per heavy atom. The Morgan fingerprint density at radius 2 is 1.89 bits per heavy atom. The van der Waals surface area contributed by atoms with Gasteiger partial charge in [-0.2, -0.15) is 0 Å². The molecule has 3 N–H and O–H groups in total. The van der Waals surface area contributed by atoms with Crippen molar-refractivity contribution < 1.29 is 4.79 Å². The molecule has 0 spiro atoms. The summed E-state index contributed by atoms with van der Waals surface area (Å²) in [4.78, 5) is 18.0. The zero-order valence-corrected chi connectivity index (χ0v) is 19.3. The van der Waals surface area contributed by atoms with E-state index in [0.29, 0.717) is 24.6 Å². The molecule has 27 heavy (non-hydrogen) atoms. The fourth-order valence-electron chi connectivity index (χ4n) is 2.51. The first-order valence-electron chi connectivity index (χ1n) is 9.06. The molecule has 148 valence electrons. The van der Waals surface area contributed by atoms with E-state index in [2.05, 4.69) is 52.3 Å². The lowest BCUT2D eigenvalue weighted by molar-refractivity contribution is 0.0955. The highest BCUT2D eigenvalue weighted by Gasteiger charge is 2.08. The zero-order valence-electron chi connectivity index (χ0n) is 16.1. The van der Waals surface area contributed by atoms with Crippen LogP contribution in [0.5, 0.6) is 0 Å². The number of hydrogen-bond donors (Lipinski definition) is 3. The van der Waals surface area contributed by atoms with Gasteiger partial charge in [0.15, 0.2) is 5.96 Å². The Morgan fingerprint density at radius 1 is 1.11 bits per heavy atom. The third-order valence-electron chi connectivity index (χ3n) is 3.90. The third kappa shape index (κ3) is 7.88. The average Bonchev–Trinajstić information content (AvgIpc) is 3.19. The molecule has 0 saturated carbocycles. The van der Waals surface area contributed by atoms with Crippen LogP contribution in [0.3, 0.4) is 0 Å². The SMILES string of the molecule is CCNC(=O)c1cccc(CN=C(NCC)NCC(C)c2cccs2)c1.I. The van der Waals surface area contributed by atoms with Gasteiger partial charge in [0.2, 0.25) is 0 Å². The molecule has 1 heterocycles. The van der Waals surface area contributed by atoms with E-state index in [1.807, 2.05) is 31.2 Å². The van der Waals surface area contributed by atoms with Crippen molar-refractivity contribution >= 4 is 47.2 Å². The molecule has 1 atom stereocenters. The molecule has 5 nitrogen and oxygen atoms in total. The summed E-state index contributed by atoms with van der Waals surface area (Å²) >= 11 is 1.78. The molecule has 0 aliphatic carbocycles. The van der Waals surface area contributed by atoms with Crippen LogP contribution in [0.25, 0.3) is 0 Å². The molecule has 0 saturated heterocycles. The van der Waals surface area contributed by atoms with E-state index < -0.39 is 0 Å². The summed E-state index contributed by atoms with van der Waals surface area (Å²) < 4.78 is 0. The maximum Gasteiger partial charge on any atom is 0.251 e. The summed E-state index contributed by atoms with van der Waals surface area (Å²) in [5, 5.41) is 11.6. The van der Waals surface area contributed by atoms with Crippen LogP contribution in [0.1, 0.15) is 47.5 Å². The summed E-state index contributed by atoms with van der Waals surface area (Å²) in [5.41, 5.74) is 1.68. The lowest BCUT2D eigenvalue weighted by Crippen LogP contribution is -2.39. The lowest BCUT2D eigenvalue weighted by atomic mass is 10.1. The van der Waals surface area contributed by atoms with E-state index in [9.17, 15) is 4.79 Å². The highest BCUT2D eigenvalue weighted by atomic mass is 127. The number of rotatable bonds is 8. The highest BCUT2D eigenvalue weighted by molar-refractivity contribution is 14.0. The summed E-state index contributed by atoms with van der Waals surface area (Å²) in [5.74, 6) is 1.17. The number of guanidine groups is 1. The number of hydrogen-bond acceptors (Lipinski definition) is 3. The monoisotopic (exact) mass is 500 g/mol. The van der Waals surface area contributed by atoms with Gasteiger partial charge in [0, 0.05) is 36.0 Å². The fourth-order valence-corrected chi connectivity index (χ4v) is 3.29. The van der Waals surface area contributed by atoms with Gasteiger partial charge in [-0.25, -0.2) is 4.99 Å². The predicted octanol–water partition coefficient (Wildman–Crippen LogP) is 3.97. The molecular formula is C20H29IN4OS. The second-order valence-corrected chi connectivity index (χ2v) is 7.03. The normalized spacial score (nSPS) is 12.0. The number of benzene rings is 1. The van der Waals surface area contributed by atoms with Gasteiger partial charge < -0.3 is 16.0 Å². The maximum absolute atomic E-state index is 12.0. The molecule has 0 aliphatic rings. The Balaban J connectivity index is 0.00000364. The Labute approximate surface area is 183 Å². The minimum Gasteiger partial charge on any atom is -0.357 e. The van der Waals surface area contributed by atoms with Crippen molar-refractivity contribution in [2.75, 3.05) is 19.6 Å². The van der Waals surface area contributed by atoms with Crippen LogP contribution in [-0.4, -0.2) is 31.5 Å². The first-order chi connectivity index (χ1) is 12.6. The summed E-state index contributed by atoms with van der Waals surface area (Å²) in [6.45, 7) is 8.95. The number of amides is 1. The van der Waals surface area contributed by atoms with Gasteiger partial charge in [-0.15, -0.1) is 35.3 Å². The number of carbonyl (C=O) groups excluding carboxylic acids is 1.